The molecule has 6 rings (SSSR count). The van der Waals surface area contributed by atoms with Gasteiger partial charge in [0.1, 0.15) is 23.9 Å². The van der Waals surface area contributed by atoms with Crippen molar-refractivity contribution >= 4 is 12.0 Å². The van der Waals surface area contributed by atoms with Crippen molar-refractivity contribution in [1.29, 1.82) is 0 Å². The van der Waals surface area contributed by atoms with E-state index in [0.29, 0.717) is 30.3 Å². The SMILES string of the molecule is CCCCCCCCOc1ccc(C=CCOOc2ccc3c(c2)C2(CC3(C)C)CC(C)(C)c3ccc(OC(=O)c4ccc(OCCCCCCCC)cc4)cc32)cc1. The molecule has 1 atom stereocenters. The topological polar surface area (TPSA) is 63.2 Å². The van der Waals surface area contributed by atoms with Crippen LogP contribution in [0.2, 0.25) is 0 Å². The molecule has 0 radical (unpaired) electrons. The van der Waals surface area contributed by atoms with E-state index in [4.69, 9.17) is 24.0 Å². The number of hydrogen-bond donors (Lipinski definition) is 0. The maximum Gasteiger partial charge on any atom is 0.343 e. The molecule has 0 heterocycles. The van der Waals surface area contributed by atoms with Gasteiger partial charge in [-0.3, -0.25) is 0 Å². The lowest BCUT2D eigenvalue weighted by atomic mass is 9.72. The van der Waals surface area contributed by atoms with Crippen LogP contribution in [-0.2, 0) is 21.1 Å². The average Bonchev–Trinajstić information content (AvgIpc) is 3.59. The van der Waals surface area contributed by atoms with Gasteiger partial charge < -0.3 is 19.1 Å². The number of hydrogen-bond acceptors (Lipinski definition) is 6. The summed E-state index contributed by atoms with van der Waals surface area (Å²) in [6, 6.07) is 28.0. The summed E-state index contributed by atoms with van der Waals surface area (Å²) in [4.78, 5) is 25.0. The van der Waals surface area contributed by atoms with Gasteiger partial charge in [-0.25, -0.2) is 4.79 Å². The third-order valence-electron chi connectivity index (χ3n) is 12.3. The lowest BCUT2D eigenvalue weighted by Crippen LogP contribution is -2.27. The highest BCUT2D eigenvalue weighted by Crippen LogP contribution is 2.63. The number of esters is 1. The van der Waals surface area contributed by atoms with E-state index < -0.39 is 0 Å². The van der Waals surface area contributed by atoms with Crippen LogP contribution in [-0.4, -0.2) is 25.8 Å². The van der Waals surface area contributed by atoms with Gasteiger partial charge in [-0.1, -0.05) is 142 Å². The molecule has 1 unspecified atom stereocenters. The molecular weight excluding hydrogens is 733 g/mol. The van der Waals surface area contributed by atoms with Gasteiger partial charge in [0.25, 0.3) is 0 Å². The third kappa shape index (κ3) is 11.4. The molecule has 1 spiro atoms. The predicted octanol–water partition coefficient (Wildman–Crippen LogP) is 14.1. The van der Waals surface area contributed by atoms with Gasteiger partial charge in [-0.15, -0.1) is 0 Å². The van der Waals surface area contributed by atoms with E-state index in [2.05, 4.69) is 77.9 Å². The minimum atomic E-state index is -0.377. The fourth-order valence-electron chi connectivity index (χ4n) is 9.42. The van der Waals surface area contributed by atoms with Crippen LogP contribution in [0.5, 0.6) is 23.0 Å². The summed E-state index contributed by atoms with van der Waals surface area (Å²) in [5.74, 6) is 2.53. The van der Waals surface area contributed by atoms with Crippen molar-refractivity contribution in [2.24, 2.45) is 0 Å². The second-order valence-corrected chi connectivity index (χ2v) is 18.1. The standard InChI is InChI=1S/C53H68O6/c1-7-9-11-13-15-17-33-55-42-25-21-40(22-26-42)20-19-35-57-59-45-30-32-47-49(37-45)53(39-52(47,5)6)38-51(3,4)46-31-29-44(36-48(46)53)58-50(54)41-23-27-43(28-24-41)56-34-18-16-14-12-10-8-2/h19-32,36-37H,7-18,33-35,38-39H2,1-6H3. The van der Waals surface area contributed by atoms with E-state index in [1.165, 1.54) is 86.5 Å². The van der Waals surface area contributed by atoms with Crippen molar-refractivity contribution in [3.63, 3.8) is 0 Å². The van der Waals surface area contributed by atoms with Gasteiger partial charge in [-0.05, 0) is 125 Å². The van der Waals surface area contributed by atoms with Gasteiger partial charge in [0.2, 0.25) is 0 Å². The first-order chi connectivity index (χ1) is 28.5. The van der Waals surface area contributed by atoms with E-state index in [1.54, 1.807) is 12.1 Å². The van der Waals surface area contributed by atoms with Crippen LogP contribution in [0.15, 0.2) is 91.0 Å². The number of unbranched alkanes of at least 4 members (excludes halogenated alkanes) is 10. The largest absolute Gasteiger partial charge is 0.494 e. The summed E-state index contributed by atoms with van der Waals surface area (Å²) in [6.07, 6.45) is 20.7. The Morgan fingerprint density at radius 1 is 0.559 bits per heavy atom. The van der Waals surface area contributed by atoms with Crippen LogP contribution in [0.25, 0.3) is 6.08 Å². The molecule has 0 aliphatic heterocycles. The molecule has 0 saturated carbocycles. The average molecular weight is 801 g/mol. The van der Waals surface area contributed by atoms with Crippen LogP contribution in [0.4, 0.5) is 0 Å². The molecule has 6 nitrogen and oxygen atoms in total. The van der Waals surface area contributed by atoms with Crippen LogP contribution in [0.1, 0.15) is 170 Å². The molecule has 316 valence electrons. The molecule has 6 heteroatoms. The first-order valence-electron chi connectivity index (χ1n) is 22.5. The molecule has 2 aliphatic rings. The minimum absolute atomic E-state index is 0.0600. The first-order valence-corrected chi connectivity index (χ1v) is 22.5. The molecule has 0 aromatic heterocycles. The van der Waals surface area contributed by atoms with Crippen LogP contribution >= 0.6 is 0 Å². The van der Waals surface area contributed by atoms with Gasteiger partial charge in [0.05, 0.1) is 18.8 Å². The zero-order chi connectivity index (χ0) is 41.7. The summed E-state index contributed by atoms with van der Waals surface area (Å²) in [5, 5.41) is 0. The van der Waals surface area contributed by atoms with E-state index in [9.17, 15) is 4.79 Å². The first kappa shape index (κ1) is 44.0. The van der Waals surface area contributed by atoms with Gasteiger partial charge >= 0.3 is 5.97 Å². The van der Waals surface area contributed by atoms with Crippen LogP contribution in [0, 0.1) is 0 Å². The fourth-order valence-corrected chi connectivity index (χ4v) is 9.42. The summed E-state index contributed by atoms with van der Waals surface area (Å²) in [5.41, 5.74) is 6.26. The number of fused-ring (bicyclic) bond motifs is 4. The molecule has 4 aromatic carbocycles. The van der Waals surface area contributed by atoms with E-state index in [-0.39, 0.29) is 22.2 Å². The Balaban J connectivity index is 1.06. The second-order valence-electron chi connectivity index (χ2n) is 18.1. The number of carbonyl (C=O) groups excluding carboxylic acids is 1. The monoisotopic (exact) mass is 801 g/mol. The highest BCUT2D eigenvalue weighted by atomic mass is 17.2. The highest BCUT2D eigenvalue weighted by Gasteiger charge is 2.56. The van der Waals surface area contributed by atoms with E-state index in [0.717, 1.165) is 49.4 Å². The van der Waals surface area contributed by atoms with E-state index in [1.807, 2.05) is 48.6 Å². The molecule has 4 aromatic rings. The third-order valence-corrected chi connectivity index (χ3v) is 12.3. The molecule has 0 saturated heterocycles. The van der Waals surface area contributed by atoms with Crippen molar-refractivity contribution in [3.05, 3.63) is 124 Å². The maximum atomic E-state index is 13.4. The van der Waals surface area contributed by atoms with Gasteiger partial charge in [-0.2, -0.15) is 4.89 Å². The van der Waals surface area contributed by atoms with Gasteiger partial charge in [0.15, 0.2) is 5.75 Å². The summed E-state index contributed by atoms with van der Waals surface area (Å²) < 4.78 is 17.9. The summed E-state index contributed by atoms with van der Waals surface area (Å²) in [6.45, 7) is 15.5. The molecule has 0 amide bonds. The second kappa shape index (κ2) is 20.6. The van der Waals surface area contributed by atoms with Crippen molar-refractivity contribution in [2.45, 2.75) is 148 Å². The number of carbonyl (C=O) groups is 1. The summed E-state index contributed by atoms with van der Waals surface area (Å²) in [7, 11) is 0. The smallest absolute Gasteiger partial charge is 0.343 e. The minimum Gasteiger partial charge on any atom is -0.494 e. The molecule has 59 heavy (non-hydrogen) atoms. The molecule has 2 aliphatic carbocycles. The quantitative estimate of drug-likeness (QED) is 0.0245. The molecular formula is C53H68O6. The van der Waals surface area contributed by atoms with Crippen molar-refractivity contribution < 1.29 is 28.8 Å². The molecule has 0 N–H and O–H groups in total. The zero-order valence-electron chi connectivity index (χ0n) is 36.7. The van der Waals surface area contributed by atoms with Gasteiger partial charge in [0, 0.05) is 5.41 Å². The lowest BCUT2D eigenvalue weighted by Gasteiger charge is -2.30. The van der Waals surface area contributed by atoms with E-state index >= 15 is 0 Å². The number of ether oxygens (including phenoxy) is 3. The number of rotatable bonds is 23. The maximum absolute atomic E-state index is 13.4. The normalized spacial score (nSPS) is 17.3. The molecule has 0 fully saturated rings. The van der Waals surface area contributed by atoms with Crippen LogP contribution in [0.3, 0.4) is 0 Å². The predicted molar refractivity (Wildman–Crippen MR) is 240 cm³/mol. The Hall–Kier alpha value is -4.55. The highest BCUT2D eigenvalue weighted by molar-refractivity contribution is 5.91. The fraction of sp³-hybridized carbons (Fsp3) is 0.491. The summed E-state index contributed by atoms with van der Waals surface area (Å²) >= 11 is 0. The Morgan fingerprint density at radius 3 is 1.59 bits per heavy atom. The Bertz CT molecular complexity index is 1970. The Labute approximate surface area is 354 Å². The lowest BCUT2D eigenvalue weighted by molar-refractivity contribution is -0.195. The van der Waals surface area contributed by atoms with Crippen molar-refractivity contribution in [3.8, 4) is 23.0 Å². The van der Waals surface area contributed by atoms with Crippen molar-refractivity contribution in [1.82, 2.24) is 0 Å². The Morgan fingerprint density at radius 2 is 1.03 bits per heavy atom. The van der Waals surface area contributed by atoms with Crippen LogP contribution < -0.4 is 19.1 Å². The van der Waals surface area contributed by atoms with Crippen molar-refractivity contribution in [2.75, 3.05) is 19.8 Å². The zero-order valence-corrected chi connectivity index (χ0v) is 36.7. The Kier molecular flexibility index (Phi) is 15.4. The molecule has 0 bridgehead atoms. The number of benzene rings is 4.